The number of nitrogens with one attached hydrogen (secondary N) is 1. The minimum atomic E-state index is -0.524. The Morgan fingerprint density at radius 2 is 1.82 bits per heavy atom. The molecule has 2 aromatic rings. The number of nitrogens with zero attached hydrogens (tertiary/aromatic N) is 5. The number of pyridine rings is 1. The zero-order valence-electron chi connectivity index (χ0n) is 19.7. The fraction of sp³-hybridized carbons (Fsp3) is 0.440. The van der Waals surface area contributed by atoms with Crippen LogP contribution in [0.5, 0.6) is 0 Å². The van der Waals surface area contributed by atoms with Crippen molar-refractivity contribution in [2.45, 2.75) is 37.1 Å². The molecule has 2 heterocycles. The van der Waals surface area contributed by atoms with E-state index < -0.39 is 12.5 Å². The largest absolute Gasteiger partial charge is 0.387 e. The number of likely N-dealkylation sites (N-methyl/N-ethyl adjacent to an activating group) is 1. The van der Waals surface area contributed by atoms with Gasteiger partial charge in [-0.1, -0.05) is 31.2 Å². The molecule has 0 saturated carbocycles. The summed E-state index contributed by atoms with van der Waals surface area (Å²) >= 11 is 1.50. The molecule has 178 valence electrons. The van der Waals surface area contributed by atoms with Crippen LogP contribution in [0.3, 0.4) is 0 Å². The average Bonchev–Trinajstić information content (AvgIpc) is 3.09. The van der Waals surface area contributed by atoms with Crippen molar-refractivity contribution in [2.75, 3.05) is 44.7 Å². The number of anilines is 1. The second-order valence-electron chi connectivity index (χ2n) is 8.23. The molecule has 1 aliphatic rings. The molecule has 0 aliphatic carbocycles. The van der Waals surface area contributed by atoms with Crippen LogP contribution in [-0.2, 0) is 23.5 Å². The standard InChI is InChI=1S/C25H30N6O2S/c1-3-20-21(13-26)24(31-10-4-9-30(2)11-12-31)29-25(22(20)14-27)34-17-19-7-5-18(6-8-19)15-28-23(33)16-32/h5-8,32H,3-4,9-12,15-17H2,1-2H3,(H,28,33). The maximum atomic E-state index is 11.2. The van der Waals surface area contributed by atoms with E-state index in [0.717, 1.165) is 49.3 Å². The van der Waals surface area contributed by atoms with Gasteiger partial charge in [0.05, 0.1) is 11.1 Å². The lowest BCUT2D eigenvalue weighted by molar-refractivity contribution is -0.123. The van der Waals surface area contributed by atoms with Crippen molar-refractivity contribution >= 4 is 23.5 Å². The number of carbonyl (C=O) groups is 1. The number of nitriles is 2. The minimum Gasteiger partial charge on any atom is -0.387 e. The van der Waals surface area contributed by atoms with Crippen LogP contribution in [0.1, 0.15) is 41.2 Å². The predicted molar refractivity (Wildman–Crippen MR) is 132 cm³/mol. The van der Waals surface area contributed by atoms with Crippen molar-refractivity contribution in [1.82, 2.24) is 15.2 Å². The first-order valence-electron chi connectivity index (χ1n) is 11.4. The summed E-state index contributed by atoms with van der Waals surface area (Å²) in [5.74, 6) is 0.905. The van der Waals surface area contributed by atoms with E-state index in [2.05, 4.69) is 34.3 Å². The van der Waals surface area contributed by atoms with E-state index in [-0.39, 0.29) is 0 Å². The number of aromatic nitrogens is 1. The van der Waals surface area contributed by atoms with E-state index >= 15 is 0 Å². The molecule has 1 saturated heterocycles. The first-order valence-corrected chi connectivity index (χ1v) is 12.4. The van der Waals surface area contributed by atoms with E-state index in [1.807, 2.05) is 31.2 Å². The monoisotopic (exact) mass is 478 g/mol. The smallest absolute Gasteiger partial charge is 0.245 e. The number of aliphatic hydroxyl groups is 1. The maximum Gasteiger partial charge on any atom is 0.245 e. The van der Waals surface area contributed by atoms with E-state index in [9.17, 15) is 15.3 Å². The molecule has 2 N–H and O–H groups in total. The van der Waals surface area contributed by atoms with Gasteiger partial charge in [0.25, 0.3) is 0 Å². The van der Waals surface area contributed by atoms with Crippen molar-refractivity contribution in [3.63, 3.8) is 0 Å². The lowest BCUT2D eigenvalue weighted by atomic mass is 10.0. The summed E-state index contributed by atoms with van der Waals surface area (Å²) < 4.78 is 0. The Balaban J connectivity index is 1.84. The third-order valence-electron chi connectivity index (χ3n) is 5.88. The maximum absolute atomic E-state index is 11.2. The van der Waals surface area contributed by atoms with Crippen LogP contribution >= 0.6 is 11.8 Å². The van der Waals surface area contributed by atoms with Gasteiger partial charge in [0.15, 0.2) is 0 Å². The van der Waals surface area contributed by atoms with Gasteiger partial charge in [-0.15, -0.1) is 11.8 Å². The van der Waals surface area contributed by atoms with Crippen LogP contribution in [0.25, 0.3) is 0 Å². The number of hydrogen-bond acceptors (Lipinski definition) is 8. The van der Waals surface area contributed by atoms with Crippen molar-refractivity contribution < 1.29 is 9.90 Å². The van der Waals surface area contributed by atoms with Gasteiger partial charge in [-0.2, -0.15) is 10.5 Å². The summed E-state index contributed by atoms with van der Waals surface area (Å²) in [5.41, 5.74) is 3.77. The van der Waals surface area contributed by atoms with Crippen LogP contribution in [-0.4, -0.2) is 60.7 Å². The van der Waals surface area contributed by atoms with E-state index in [1.54, 1.807) is 0 Å². The van der Waals surface area contributed by atoms with Crippen molar-refractivity contribution in [1.29, 1.82) is 10.5 Å². The van der Waals surface area contributed by atoms with Gasteiger partial charge in [-0.05, 0) is 43.1 Å². The van der Waals surface area contributed by atoms with Gasteiger partial charge in [-0.3, -0.25) is 4.79 Å². The first-order chi connectivity index (χ1) is 16.5. The molecule has 0 spiro atoms. The third kappa shape index (κ3) is 6.27. The predicted octanol–water partition coefficient (Wildman–Crippen LogP) is 2.43. The number of carbonyl (C=O) groups excluding carboxylic acids is 1. The molecule has 3 rings (SSSR count). The fourth-order valence-electron chi connectivity index (χ4n) is 3.94. The zero-order valence-corrected chi connectivity index (χ0v) is 20.5. The Hall–Kier alpha value is -3.11. The molecule has 8 nitrogen and oxygen atoms in total. The highest BCUT2D eigenvalue weighted by molar-refractivity contribution is 7.98. The molecular formula is C25H30N6O2S. The summed E-state index contributed by atoms with van der Waals surface area (Å²) in [6.45, 7) is 5.35. The van der Waals surface area contributed by atoms with Crippen molar-refractivity contribution in [3.05, 3.63) is 52.1 Å². The molecule has 1 fully saturated rings. The summed E-state index contributed by atoms with van der Waals surface area (Å²) in [5, 5.41) is 31.9. The lowest BCUT2D eigenvalue weighted by Gasteiger charge is -2.25. The first kappa shape index (κ1) is 25.5. The summed E-state index contributed by atoms with van der Waals surface area (Å²) in [6, 6.07) is 12.4. The van der Waals surface area contributed by atoms with Gasteiger partial charge in [0.1, 0.15) is 29.6 Å². The molecule has 34 heavy (non-hydrogen) atoms. The Morgan fingerprint density at radius 1 is 1.12 bits per heavy atom. The van der Waals surface area contributed by atoms with Crippen LogP contribution < -0.4 is 10.2 Å². The number of amides is 1. The summed E-state index contributed by atoms with van der Waals surface area (Å²) in [6.07, 6.45) is 1.59. The molecule has 1 aromatic carbocycles. The molecule has 0 atom stereocenters. The van der Waals surface area contributed by atoms with Crippen LogP contribution in [0.4, 0.5) is 5.82 Å². The molecule has 1 amide bonds. The van der Waals surface area contributed by atoms with Gasteiger partial charge < -0.3 is 20.2 Å². The normalized spacial score (nSPS) is 14.2. The van der Waals surface area contributed by atoms with Crippen LogP contribution in [0.2, 0.25) is 0 Å². The second kappa shape index (κ2) is 12.4. The topological polar surface area (TPSA) is 116 Å². The van der Waals surface area contributed by atoms with Crippen LogP contribution in [0.15, 0.2) is 29.3 Å². The molecular weight excluding hydrogens is 448 g/mol. The molecule has 0 unspecified atom stereocenters. The Morgan fingerprint density at radius 3 is 2.47 bits per heavy atom. The van der Waals surface area contributed by atoms with Gasteiger partial charge >= 0.3 is 0 Å². The highest BCUT2D eigenvalue weighted by Crippen LogP contribution is 2.33. The SMILES string of the molecule is CCc1c(C#N)c(SCc2ccc(CNC(=O)CO)cc2)nc(N2CCCN(C)CC2)c1C#N. The van der Waals surface area contributed by atoms with E-state index in [0.29, 0.717) is 40.7 Å². The van der Waals surface area contributed by atoms with E-state index in [1.165, 1.54) is 11.8 Å². The lowest BCUT2D eigenvalue weighted by Crippen LogP contribution is -2.30. The average molecular weight is 479 g/mol. The van der Waals surface area contributed by atoms with Gasteiger partial charge in [0, 0.05) is 31.9 Å². The Labute approximate surface area is 205 Å². The zero-order chi connectivity index (χ0) is 24.5. The Kier molecular flexibility index (Phi) is 9.29. The molecule has 0 radical (unpaired) electrons. The van der Waals surface area contributed by atoms with Crippen LogP contribution in [0, 0.1) is 22.7 Å². The number of rotatable bonds is 8. The third-order valence-corrected chi connectivity index (χ3v) is 6.92. The van der Waals surface area contributed by atoms with Gasteiger partial charge in [-0.25, -0.2) is 4.98 Å². The number of hydrogen-bond donors (Lipinski definition) is 2. The molecule has 0 bridgehead atoms. The van der Waals surface area contributed by atoms with Gasteiger partial charge in [0.2, 0.25) is 5.91 Å². The minimum absolute atomic E-state index is 0.358. The highest BCUT2D eigenvalue weighted by Gasteiger charge is 2.24. The van der Waals surface area contributed by atoms with E-state index in [4.69, 9.17) is 10.1 Å². The number of aliphatic hydroxyl groups excluding tert-OH is 1. The Bertz CT molecular complexity index is 1090. The number of thioether (sulfide) groups is 1. The van der Waals surface area contributed by atoms with Crippen molar-refractivity contribution in [3.8, 4) is 12.1 Å². The van der Waals surface area contributed by atoms with Crippen molar-refractivity contribution in [2.24, 2.45) is 0 Å². The summed E-state index contributed by atoms with van der Waals surface area (Å²) in [7, 11) is 2.10. The molecule has 1 aromatic heterocycles. The molecule has 9 heteroatoms. The second-order valence-corrected chi connectivity index (χ2v) is 9.19. The molecule has 1 aliphatic heterocycles. The number of benzene rings is 1. The highest BCUT2D eigenvalue weighted by atomic mass is 32.2. The quantitative estimate of drug-likeness (QED) is 0.556. The fourth-order valence-corrected chi connectivity index (χ4v) is 4.90. The summed E-state index contributed by atoms with van der Waals surface area (Å²) in [4.78, 5) is 20.5.